The number of hydrogen-bond donors (Lipinski definition) is 1. The number of amides is 1. The zero-order valence-electron chi connectivity index (χ0n) is 12.1. The van der Waals surface area contributed by atoms with Gasteiger partial charge in [-0.05, 0) is 37.1 Å². The molecule has 0 spiro atoms. The topological polar surface area (TPSA) is 46.3 Å². The molecule has 118 valence electrons. The highest BCUT2D eigenvalue weighted by Crippen LogP contribution is 2.24. The Morgan fingerprint density at radius 1 is 1.48 bits per heavy atom. The van der Waals surface area contributed by atoms with Gasteiger partial charge in [-0.15, -0.1) is 24.2 Å². The number of carbonyl (C=O) groups excluding carboxylic acids is 1. The van der Waals surface area contributed by atoms with Crippen LogP contribution in [0.4, 0.5) is 4.39 Å². The molecule has 2 N–H and O–H groups in total. The average molecular weight is 333 g/mol. The van der Waals surface area contributed by atoms with Gasteiger partial charge in [0.05, 0.1) is 0 Å². The molecule has 0 saturated carbocycles. The summed E-state index contributed by atoms with van der Waals surface area (Å²) in [5.41, 5.74) is 5.71. The minimum atomic E-state index is -0.235. The largest absolute Gasteiger partial charge is 0.338 e. The second-order valence-electron chi connectivity index (χ2n) is 5.23. The maximum atomic E-state index is 12.8. The van der Waals surface area contributed by atoms with E-state index >= 15 is 0 Å². The maximum Gasteiger partial charge on any atom is 0.226 e. The molecule has 1 amide bonds. The van der Waals surface area contributed by atoms with Crippen LogP contribution in [0, 0.1) is 11.7 Å². The van der Waals surface area contributed by atoms with Gasteiger partial charge in [0.2, 0.25) is 5.91 Å². The van der Waals surface area contributed by atoms with E-state index in [1.54, 1.807) is 23.9 Å². The molecule has 1 aliphatic heterocycles. The van der Waals surface area contributed by atoms with E-state index < -0.39 is 0 Å². The number of benzene rings is 1. The fourth-order valence-electron chi connectivity index (χ4n) is 2.48. The number of hydrogen-bond acceptors (Lipinski definition) is 3. The second-order valence-corrected chi connectivity index (χ2v) is 6.32. The third kappa shape index (κ3) is 4.87. The third-order valence-corrected chi connectivity index (χ3v) is 4.94. The van der Waals surface area contributed by atoms with Crippen LogP contribution in [0.1, 0.15) is 19.8 Å². The third-order valence-electron chi connectivity index (χ3n) is 3.67. The number of nitrogens with two attached hydrogens (primary N) is 1. The molecule has 0 aliphatic carbocycles. The van der Waals surface area contributed by atoms with Gasteiger partial charge in [0.1, 0.15) is 5.82 Å². The van der Waals surface area contributed by atoms with Crippen LogP contribution in [0.2, 0.25) is 0 Å². The maximum absolute atomic E-state index is 12.8. The highest BCUT2D eigenvalue weighted by Gasteiger charge is 2.30. The summed E-state index contributed by atoms with van der Waals surface area (Å²) in [4.78, 5) is 15.3. The molecular weight excluding hydrogens is 311 g/mol. The summed E-state index contributed by atoms with van der Waals surface area (Å²) in [6, 6.07) is 6.59. The van der Waals surface area contributed by atoms with Gasteiger partial charge >= 0.3 is 0 Å². The van der Waals surface area contributed by atoms with Crippen molar-refractivity contribution in [1.82, 2.24) is 4.90 Å². The van der Waals surface area contributed by atoms with E-state index in [1.807, 2.05) is 11.8 Å². The van der Waals surface area contributed by atoms with Crippen molar-refractivity contribution in [3.05, 3.63) is 30.1 Å². The van der Waals surface area contributed by atoms with Gasteiger partial charge in [0.25, 0.3) is 0 Å². The van der Waals surface area contributed by atoms with Gasteiger partial charge in [-0.25, -0.2) is 4.39 Å². The molecule has 1 aromatic rings. The first-order valence-electron chi connectivity index (χ1n) is 7.00. The quantitative estimate of drug-likeness (QED) is 0.843. The van der Waals surface area contributed by atoms with Crippen molar-refractivity contribution >= 4 is 30.1 Å². The molecule has 2 unspecified atom stereocenters. The van der Waals surface area contributed by atoms with Gasteiger partial charge in [-0.2, -0.15) is 0 Å². The smallest absolute Gasteiger partial charge is 0.226 e. The average Bonchev–Trinajstić information content (AvgIpc) is 2.94. The number of rotatable bonds is 5. The Labute approximate surface area is 135 Å². The van der Waals surface area contributed by atoms with Crippen LogP contribution >= 0.6 is 24.2 Å². The Morgan fingerprint density at radius 2 is 2.14 bits per heavy atom. The van der Waals surface area contributed by atoms with Gasteiger partial charge in [0, 0.05) is 35.7 Å². The Bertz CT molecular complexity index is 457. The monoisotopic (exact) mass is 332 g/mol. The van der Waals surface area contributed by atoms with Crippen molar-refractivity contribution in [3.63, 3.8) is 0 Å². The summed E-state index contributed by atoms with van der Waals surface area (Å²) >= 11 is 1.59. The normalized spacial score (nSPS) is 19.2. The van der Waals surface area contributed by atoms with Crippen LogP contribution in [0.5, 0.6) is 0 Å². The molecule has 0 radical (unpaired) electrons. The van der Waals surface area contributed by atoms with E-state index in [-0.39, 0.29) is 36.1 Å². The highest BCUT2D eigenvalue weighted by atomic mass is 35.5. The number of thioether (sulfide) groups is 1. The summed E-state index contributed by atoms with van der Waals surface area (Å²) < 4.78 is 12.8. The summed E-state index contributed by atoms with van der Waals surface area (Å²) in [6.45, 7) is 3.32. The van der Waals surface area contributed by atoms with E-state index in [1.165, 1.54) is 12.1 Å². The summed E-state index contributed by atoms with van der Waals surface area (Å²) in [5.74, 6) is 0.615. The molecule has 1 heterocycles. The molecule has 1 aromatic carbocycles. The van der Waals surface area contributed by atoms with Gasteiger partial charge in [-0.3, -0.25) is 4.79 Å². The van der Waals surface area contributed by atoms with Crippen LogP contribution in [-0.2, 0) is 4.79 Å². The molecule has 21 heavy (non-hydrogen) atoms. The van der Waals surface area contributed by atoms with Crippen LogP contribution in [0.15, 0.2) is 29.2 Å². The van der Waals surface area contributed by atoms with Gasteiger partial charge < -0.3 is 10.6 Å². The second kappa shape index (κ2) is 8.61. The van der Waals surface area contributed by atoms with Crippen LogP contribution in [-0.4, -0.2) is 35.7 Å². The van der Waals surface area contributed by atoms with E-state index in [0.717, 1.165) is 24.3 Å². The standard InChI is InChI=1S/C15H21FN2OS.ClH/c1-11(10-20-14-6-4-12(16)5-7-14)15(19)18-8-2-3-13(18)9-17;/h4-7,11,13H,2-3,8-10,17H2,1H3;1H. The van der Waals surface area contributed by atoms with Gasteiger partial charge in [0.15, 0.2) is 0 Å². The predicted molar refractivity (Wildman–Crippen MR) is 87.3 cm³/mol. The Morgan fingerprint density at radius 3 is 2.76 bits per heavy atom. The van der Waals surface area contributed by atoms with Gasteiger partial charge in [-0.1, -0.05) is 6.92 Å². The number of likely N-dealkylation sites (tertiary alicyclic amines) is 1. The van der Waals surface area contributed by atoms with Crippen molar-refractivity contribution in [2.75, 3.05) is 18.8 Å². The highest BCUT2D eigenvalue weighted by molar-refractivity contribution is 7.99. The Hall–Kier alpha value is -0.780. The molecule has 1 fully saturated rings. The summed E-state index contributed by atoms with van der Waals surface area (Å²) in [7, 11) is 0. The van der Waals surface area contributed by atoms with Crippen molar-refractivity contribution in [2.45, 2.75) is 30.7 Å². The van der Waals surface area contributed by atoms with E-state index in [4.69, 9.17) is 5.73 Å². The fourth-order valence-corrected chi connectivity index (χ4v) is 3.39. The molecule has 2 atom stereocenters. The summed E-state index contributed by atoms with van der Waals surface area (Å²) in [6.07, 6.45) is 2.06. The number of carbonyl (C=O) groups is 1. The summed E-state index contributed by atoms with van der Waals surface area (Å²) in [5, 5.41) is 0. The molecular formula is C15H22ClFN2OS. The molecule has 0 aromatic heterocycles. The molecule has 3 nitrogen and oxygen atoms in total. The van der Waals surface area contributed by atoms with E-state index in [9.17, 15) is 9.18 Å². The zero-order chi connectivity index (χ0) is 14.5. The Kier molecular flexibility index (Phi) is 7.49. The lowest BCUT2D eigenvalue weighted by Crippen LogP contribution is -2.43. The molecule has 0 bridgehead atoms. The van der Waals surface area contributed by atoms with Crippen LogP contribution < -0.4 is 5.73 Å². The van der Waals surface area contributed by atoms with Crippen LogP contribution in [0.3, 0.4) is 0 Å². The first-order chi connectivity index (χ1) is 9.61. The number of nitrogens with zero attached hydrogens (tertiary/aromatic N) is 1. The lowest BCUT2D eigenvalue weighted by Gasteiger charge is -2.26. The van der Waals surface area contributed by atoms with E-state index in [0.29, 0.717) is 12.3 Å². The van der Waals surface area contributed by atoms with E-state index in [2.05, 4.69) is 0 Å². The fraction of sp³-hybridized carbons (Fsp3) is 0.533. The lowest BCUT2D eigenvalue weighted by molar-refractivity contribution is -0.134. The predicted octanol–water partition coefficient (Wildman–Crippen LogP) is 2.93. The minimum absolute atomic E-state index is 0. The van der Waals surface area contributed by atoms with Crippen molar-refractivity contribution in [3.8, 4) is 0 Å². The molecule has 1 aliphatic rings. The van der Waals surface area contributed by atoms with Crippen molar-refractivity contribution in [2.24, 2.45) is 11.7 Å². The minimum Gasteiger partial charge on any atom is -0.338 e. The zero-order valence-corrected chi connectivity index (χ0v) is 13.8. The number of halogens is 2. The molecule has 6 heteroatoms. The first kappa shape index (κ1) is 18.3. The lowest BCUT2D eigenvalue weighted by atomic mass is 10.1. The Balaban J connectivity index is 0.00000220. The SMILES string of the molecule is CC(CSc1ccc(F)cc1)C(=O)N1CCCC1CN.Cl. The van der Waals surface area contributed by atoms with Crippen LogP contribution in [0.25, 0.3) is 0 Å². The first-order valence-corrected chi connectivity index (χ1v) is 7.99. The molecule has 2 rings (SSSR count). The van der Waals surface area contributed by atoms with Crippen molar-refractivity contribution in [1.29, 1.82) is 0 Å². The molecule has 1 saturated heterocycles. The van der Waals surface area contributed by atoms with Crippen molar-refractivity contribution < 1.29 is 9.18 Å².